The number of anilines is 1. The Kier molecular flexibility index (Phi) is 6.90. The minimum atomic E-state index is -0.213. The summed E-state index contributed by atoms with van der Waals surface area (Å²) in [7, 11) is 0. The fourth-order valence-corrected chi connectivity index (χ4v) is 4.65. The van der Waals surface area contributed by atoms with Gasteiger partial charge in [0.1, 0.15) is 0 Å². The third-order valence-electron chi connectivity index (χ3n) is 5.08. The highest BCUT2D eigenvalue weighted by molar-refractivity contribution is 7.15. The van der Waals surface area contributed by atoms with Crippen molar-refractivity contribution < 1.29 is 4.79 Å². The molecule has 1 aliphatic rings. The molecule has 2 atom stereocenters. The number of carbonyl (C=O) groups excluding carboxylic acids is 1. The molecule has 6 heteroatoms. The number of fused-ring (bicyclic) bond motifs is 1. The van der Waals surface area contributed by atoms with Crippen LogP contribution in [0.15, 0.2) is 24.4 Å². The molecule has 1 aromatic carbocycles. The Morgan fingerprint density at radius 1 is 1.41 bits per heavy atom. The van der Waals surface area contributed by atoms with Crippen molar-refractivity contribution in [3.8, 4) is 0 Å². The predicted molar refractivity (Wildman–Crippen MR) is 114 cm³/mol. The van der Waals surface area contributed by atoms with E-state index in [0.717, 1.165) is 37.1 Å². The van der Waals surface area contributed by atoms with Gasteiger partial charge in [0.05, 0.1) is 6.04 Å². The zero-order chi connectivity index (χ0) is 19.4. The molecule has 0 aliphatic heterocycles. The maximum Gasteiger partial charge on any atom is 0.243 e. The minimum Gasteiger partial charge on any atom is -0.303 e. The number of nitrogens with zero attached hydrogens (tertiary/aromatic N) is 1. The van der Waals surface area contributed by atoms with E-state index in [1.54, 1.807) is 11.3 Å². The van der Waals surface area contributed by atoms with Gasteiger partial charge in [0.25, 0.3) is 0 Å². The normalized spacial score (nSPS) is 17.6. The monoisotopic (exact) mass is 405 g/mol. The van der Waals surface area contributed by atoms with Crippen LogP contribution in [0.3, 0.4) is 0 Å². The molecule has 1 unspecified atom stereocenters. The molecule has 0 spiro atoms. The van der Waals surface area contributed by atoms with Crippen LogP contribution in [0, 0.1) is 0 Å². The summed E-state index contributed by atoms with van der Waals surface area (Å²) in [6.45, 7) is 6.37. The van der Waals surface area contributed by atoms with Crippen LogP contribution < -0.4 is 10.6 Å². The number of aromatic nitrogens is 1. The second-order valence-electron chi connectivity index (χ2n) is 7.54. The Bertz CT molecular complexity index is 789. The molecule has 27 heavy (non-hydrogen) atoms. The molecule has 1 aromatic heterocycles. The molecule has 4 nitrogen and oxygen atoms in total. The first kappa shape index (κ1) is 20.3. The van der Waals surface area contributed by atoms with Crippen LogP contribution in [0.4, 0.5) is 5.13 Å². The van der Waals surface area contributed by atoms with Crippen molar-refractivity contribution in [3.63, 3.8) is 0 Å². The smallest absolute Gasteiger partial charge is 0.243 e. The average molecular weight is 406 g/mol. The van der Waals surface area contributed by atoms with Crippen LogP contribution in [0.5, 0.6) is 0 Å². The maximum absolute atomic E-state index is 12.8. The van der Waals surface area contributed by atoms with Gasteiger partial charge < -0.3 is 10.6 Å². The van der Waals surface area contributed by atoms with E-state index in [2.05, 4.69) is 42.5 Å². The van der Waals surface area contributed by atoms with Gasteiger partial charge in [-0.05, 0) is 48.8 Å². The number of aryl methyl sites for hydroxylation is 1. The highest BCUT2D eigenvalue weighted by Crippen LogP contribution is 2.29. The van der Waals surface area contributed by atoms with Crippen LogP contribution in [-0.4, -0.2) is 23.0 Å². The summed E-state index contributed by atoms with van der Waals surface area (Å²) < 4.78 is 0. The summed E-state index contributed by atoms with van der Waals surface area (Å²) in [4.78, 5) is 18.4. The summed E-state index contributed by atoms with van der Waals surface area (Å²) >= 11 is 7.94. The molecular weight excluding hydrogens is 378 g/mol. The van der Waals surface area contributed by atoms with Gasteiger partial charge in [0.15, 0.2) is 5.13 Å². The van der Waals surface area contributed by atoms with Crippen molar-refractivity contribution in [3.05, 3.63) is 45.4 Å². The quantitative estimate of drug-likeness (QED) is 0.667. The summed E-state index contributed by atoms with van der Waals surface area (Å²) in [5.41, 5.74) is 2.56. The van der Waals surface area contributed by atoms with E-state index in [9.17, 15) is 4.79 Å². The van der Waals surface area contributed by atoms with E-state index < -0.39 is 0 Å². The van der Waals surface area contributed by atoms with Crippen molar-refractivity contribution >= 4 is 34.0 Å². The molecule has 2 aromatic rings. The Labute approximate surface area is 170 Å². The van der Waals surface area contributed by atoms with E-state index in [4.69, 9.17) is 11.6 Å². The molecule has 0 saturated carbocycles. The fourth-order valence-electron chi connectivity index (χ4n) is 3.55. The van der Waals surface area contributed by atoms with Crippen molar-refractivity contribution in [2.45, 2.75) is 70.9 Å². The van der Waals surface area contributed by atoms with Crippen LogP contribution >= 0.6 is 22.9 Å². The Hall–Kier alpha value is -1.43. The molecular formula is C21H28ClN3OS. The molecule has 1 aliphatic carbocycles. The fraction of sp³-hybridized carbons (Fsp3) is 0.524. The van der Waals surface area contributed by atoms with Gasteiger partial charge in [-0.1, -0.05) is 50.9 Å². The molecule has 3 rings (SSSR count). The second-order valence-corrected chi connectivity index (χ2v) is 9.01. The Morgan fingerprint density at radius 3 is 2.93 bits per heavy atom. The van der Waals surface area contributed by atoms with Gasteiger partial charge in [-0.15, -0.1) is 11.3 Å². The molecule has 1 heterocycles. The van der Waals surface area contributed by atoms with E-state index in [1.165, 1.54) is 16.0 Å². The average Bonchev–Trinajstić information content (AvgIpc) is 3.11. The van der Waals surface area contributed by atoms with E-state index in [0.29, 0.717) is 11.0 Å². The van der Waals surface area contributed by atoms with Gasteiger partial charge in [-0.2, -0.15) is 0 Å². The molecule has 2 N–H and O–H groups in total. The lowest BCUT2D eigenvalue weighted by Crippen LogP contribution is -2.47. The lowest BCUT2D eigenvalue weighted by molar-refractivity contribution is -0.118. The van der Waals surface area contributed by atoms with Crippen molar-refractivity contribution in [1.82, 2.24) is 10.3 Å². The molecule has 0 bridgehead atoms. The number of carbonyl (C=O) groups is 1. The highest BCUT2D eigenvalue weighted by Gasteiger charge is 2.26. The van der Waals surface area contributed by atoms with Crippen molar-refractivity contribution in [1.29, 1.82) is 0 Å². The van der Waals surface area contributed by atoms with Gasteiger partial charge in [-0.25, -0.2) is 4.98 Å². The summed E-state index contributed by atoms with van der Waals surface area (Å²) in [5, 5.41) is 8.10. The van der Waals surface area contributed by atoms with Crippen molar-refractivity contribution in [2.24, 2.45) is 0 Å². The summed E-state index contributed by atoms with van der Waals surface area (Å²) in [6, 6.07) is 6.18. The summed E-state index contributed by atoms with van der Waals surface area (Å²) in [6.07, 6.45) is 6.50. The predicted octanol–water partition coefficient (Wildman–Crippen LogP) is 5.17. The van der Waals surface area contributed by atoms with Gasteiger partial charge in [-0.3, -0.25) is 4.79 Å². The maximum atomic E-state index is 12.8. The standard InChI is InChI=1S/C21H28ClN3OS/c1-4-6-18(20(26)25-21-23-12-19(27-21)13(2)3)24-15-10-9-14-7-5-8-17(22)16(14)11-15/h5,7-8,12-13,15,18,24H,4,6,9-11H2,1-3H3,(H,23,25,26)/t15?,18-/m0/s1. The number of hydrogen-bond donors (Lipinski definition) is 2. The van der Waals surface area contributed by atoms with Crippen LogP contribution in [0.25, 0.3) is 0 Å². The number of benzene rings is 1. The third-order valence-corrected chi connectivity index (χ3v) is 6.65. The van der Waals surface area contributed by atoms with Gasteiger partial charge in [0.2, 0.25) is 5.91 Å². The molecule has 1 amide bonds. The number of nitrogens with one attached hydrogen (secondary N) is 2. The van der Waals surface area contributed by atoms with E-state index in [1.807, 2.05) is 18.3 Å². The Balaban J connectivity index is 1.64. The first-order chi connectivity index (χ1) is 13.0. The zero-order valence-electron chi connectivity index (χ0n) is 16.2. The molecule has 0 fully saturated rings. The number of rotatable bonds is 7. The van der Waals surface area contributed by atoms with Crippen LogP contribution in [0.1, 0.15) is 62.0 Å². The number of amides is 1. The topological polar surface area (TPSA) is 54.0 Å². The Morgan fingerprint density at radius 2 is 2.22 bits per heavy atom. The molecule has 146 valence electrons. The number of thiazole rings is 1. The highest BCUT2D eigenvalue weighted by atomic mass is 35.5. The first-order valence-electron chi connectivity index (χ1n) is 9.76. The van der Waals surface area contributed by atoms with Gasteiger partial charge >= 0.3 is 0 Å². The van der Waals surface area contributed by atoms with Crippen LogP contribution in [-0.2, 0) is 17.6 Å². The third kappa shape index (κ3) is 5.09. The SMILES string of the molecule is CCC[C@H](NC1CCc2cccc(Cl)c2C1)C(=O)Nc1ncc(C(C)C)s1. The minimum absolute atomic E-state index is 0.00598. The van der Waals surface area contributed by atoms with Gasteiger partial charge in [0, 0.05) is 22.1 Å². The lowest BCUT2D eigenvalue weighted by Gasteiger charge is -2.29. The zero-order valence-corrected chi connectivity index (χ0v) is 17.8. The largest absolute Gasteiger partial charge is 0.303 e. The molecule has 0 radical (unpaired) electrons. The van der Waals surface area contributed by atoms with Crippen molar-refractivity contribution in [2.75, 3.05) is 5.32 Å². The first-order valence-corrected chi connectivity index (χ1v) is 11.0. The van der Waals surface area contributed by atoms with E-state index >= 15 is 0 Å². The number of hydrogen-bond acceptors (Lipinski definition) is 4. The lowest BCUT2D eigenvalue weighted by atomic mass is 9.87. The van der Waals surface area contributed by atoms with Crippen LogP contribution in [0.2, 0.25) is 5.02 Å². The second kappa shape index (κ2) is 9.18. The molecule has 0 saturated heterocycles. The van der Waals surface area contributed by atoms with E-state index in [-0.39, 0.29) is 18.0 Å². The summed E-state index contributed by atoms with van der Waals surface area (Å²) in [5.74, 6) is 0.427. The number of halogens is 1.